The van der Waals surface area contributed by atoms with E-state index in [1.165, 1.54) is 0 Å². The van der Waals surface area contributed by atoms with Crippen LogP contribution < -0.4 is 15.8 Å². The molecule has 1 unspecified atom stereocenters. The first-order chi connectivity index (χ1) is 9.99. The first-order valence-corrected chi connectivity index (χ1v) is 7.46. The zero-order valence-corrected chi connectivity index (χ0v) is 13.1. The Morgan fingerprint density at radius 2 is 2.24 bits per heavy atom. The van der Waals surface area contributed by atoms with Crippen molar-refractivity contribution in [2.75, 3.05) is 32.5 Å². The molecule has 0 radical (unpaired) electrons. The van der Waals surface area contributed by atoms with Gasteiger partial charge in [0.2, 0.25) is 0 Å². The molecule has 5 heteroatoms. The van der Waals surface area contributed by atoms with E-state index in [1.54, 1.807) is 25.3 Å². The average molecular weight is 291 g/mol. The highest BCUT2D eigenvalue weighted by atomic mass is 16.5. The SMILES string of the molecule is COc1cc(N)cc(C(=O)NCC2CCN(C(C)C)C2)c1. The second-order valence-electron chi connectivity index (χ2n) is 5.95. The van der Waals surface area contributed by atoms with E-state index in [1.807, 2.05) is 0 Å². The quantitative estimate of drug-likeness (QED) is 0.811. The number of methoxy groups -OCH3 is 1. The number of ether oxygens (including phenoxy) is 1. The lowest BCUT2D eigenvalue weighted by molar-refractivity contribution is 0.0947. The lowest BCUT2D eigenvalue weighted by atomic mass is 10.1. The van der Waals surface area contributed by atoms with Gasteiger partial charge in [-0.1, -0.05) is 0 Å². The third kappa shape index (κ3) is 4.11. The minimum atomic E-state index is -0.0939. The highest BCUT2D eigenvalue weighted by molar-refractivity contribution is 5.95. The average Bonchev–Trinajstić information content (AvgIpc) is 2.93. The molecule has 116 valence electrons. The summed E-state index contributed by atoms with van der Waals surface area (Å²) in [4.78, 5) is 14.6. The third-order valence-electron chi connectivity index (χ3n) is 4.03. The standard InChI is InChI=1S/C16H25N3O2/c1-11(2)19-5-4-12(10-19)9-18-16(20)13-6-14(17)8-15(7-13)21-3/h6-8,11-12H,4-5,9-10,17H2,1-3H3,(H,18,20). The van der Waals surface area contributed by atoms with Gasteiger partial charge in [-0.3, -0.25) is 4.79 Å². The Morgan fingerprint density at radius 3 is 2.86 bits per heavy atom. The summed E-state index contributed by atoms with van der Waals surface area (Å²) in [5.74, 6) is 1.04. The van der Waals surface area contributed by atoms with Crippen molar-refractivity contribution < 1.29 is 9.53 Å². The number of benzene rings is 1. The van der Waals surface area contributed by atoms with Gasteiger partial charge in [0.1, 0.15) is 5.75 Å². The number of hydrogen-bond acceptors (Lipinski definition) is 4. The molecule has 21 heavy (non-hydrogen) atoms. The molecule has 5 nitrogen and oxygen atoms in total. The van der Waals surface area contributed by atoms with Gasteiger partial charge in [-0.05, 0) is 44.9 Å². The molecule has 1 saturated heterocycles. The van der Waals surface area contributed by atoms with Crippen molar-refractivity contribution in [3.05, 3.63) is 23.8 Å². The molecular formula is C16H25N3O2. The number of amides is 1. The monoisotopic (exact) mass is 291 g/mol. The van der Waals surface area contributed by atoms with Gasteiger partial charge < -0.3 is 20.7 Å². The van der Waals surface area contributed by atoms with Crippen LogP contribution in [0.15, 0.2) is 18.2 Å². The summed E-state index contributed by atoms with van der Waals surface area (Å²) in [5, 5.41) is 3.00. The molecule has 0 saturated carbocycles. The molecule has 1 aliphatic rings. The number of nitrogen functional groups attached to an aromatic ring is 1. The van der Waals surface area contributed by atoms with E-state index in [2.05, 4.69) is 24.1 Å². The molecule has 0 aromatic heterocycles. The van der Waals surface area contributed by atoms with E-state index in [0.29, 0.717) is 35.5 Å². The molecule has 0 spiro atoms. The first-order valence-electron chi connectivity index (χ1n) is 7.46. The minimum absolute atomic E-state index is 0.0939. The third-order valence-corrected chi connectivity index (χ3v) is 4.03. The highest BCUT2D eigenvalue weighted by Gasteiger charge is 2.24. The number of likely N-dealkylation sites (tertiary alicyclic amines) is 1. The van der Waals surface area contributed by atoms with Crippen molar-refractivity contribution in [1.82, 2.24) is 10.2 Å². The van der Waals surface area contributed by atoms with Crippen molar-refractivity contribution in [2.24, 2.45) is 5.92 Å². The predicted octanol–water partition coefficient (Wildman–Crippen LogP) is 1.74. The van der Waals surface area contributed by atoms with E-state index >= 15 is 0 Å². The van der Waals surface area contributed by atoms with E-state index in [9.17, 15) is 4.79 Å². The number of anilines is 1. The van der Waals surface area contributed by atoms with Crippen LogP contribution in [-0.2, 0) is 0 Å². The highest BCUT2D eigenvalue weighted by Crippen LogP contribution is 2.20. The molecule has 1 atom stereocenters. The summed E-state index contributed by atoms with van der Waals surface area (Å²) in [5.41, 5.74) is 6.86. The summed E-state index contributed by atoms with van der Waals surface area (Å²) in [6.45, 7) is 7.29. The van der Waals surface area contributed by atoms with Gasteiger partial charge in [0.25, 0.3) is 5.91 Å². The topological polar surface area (TPSA) is 67.6 Å². The van der Waals surface area contributed by atoms with Crippen molar-refractivity contribution in [3.63, 3.8) is 0 Å². The maximum absolute atomic E-state index is 12.2. The molecule has 0 aliphatic carbocycles. The molecule has 1 aromatic carbocycles. The van der Waals surface area contributed by atoms with Crippen LogP contribution >= 0.6 is 0 Å². The molecule has 1 aromatic rings. The van der Waals surface area contributed by atoms with Crippen molar-refractivity contribution in [1.29, 1.82) is 0 Å². The van der Waals surface area contributed by atoms with E-state index < -0.39 is 0 Å². The predicted molar refractivity (Wildman–Crippen MR) is 84.6 cm³/mol. The van der Waals surface area contributed by atoms with Crippen LogP contribution in [0, 0.1) is 5.92 Å². The van der Waals surface area contributed by atoms with Crippen LogP contribution in [0.5, 0.6) is 5.75 Å². The molecule has 2 rings (SSSR count). The summed E-state index contributed by atoms with van der Waals surface area (Å²) >= 11 is 0. The number of hydrogen-bond donors (Lipinski definition) is 2. The van der Waals surface area contributed by atoms with E-state index in [-0.39, 0.29) is 5.91 Å². The number of nitrogens with one attached hydrogen (secondary N) is 1. The Labute approximate surface area is 126 Å². The molecule has 1 heterocycles. The lowest BCUT2D eigenvalue weighted by Gasteiger charge is -2.20. The van der Waals surface area contributed by atoms with Crippen LogP contribution in [0.3, 0.4) is 0 Å². The Morgan fingerprint density at radius 1 is 1.48 bits per heavy atom. The summed E-state index contributed by atoms with van der Waals surface area (Å²) in [6, 6.07) is 5.66. The summed E-state index contributed by atoms with van der Waals surface area (Å²) in [7, 11) is 1.56. The fraction of sp³-hybridized carbons (Fsp3) is 0.562. The van der Waals surface area contributed by atoms with Crippen LogP contribution in [-0.4, -0.2) is 43.6 Å². The molecule has 1 fully saturated rings. The number of carbonyl (C=O) groups is 1. The molecule has 1 amide bonds. The first kappa shape index (κ1) is 15.6. The van der Waals surface area contributed by atoms with Crippen molar-refractivity contribution in [2.45, 2.75) is 26.3 Å². The second-order valence-corrected chi connectivity index (χ2v) is 5.95. The lowest BCUT2D eigenvalue weighted by Crippen LogP contribution is -2.33. The van der Waals surface area contributed by atoms with Gasteiger partial charge >= 0.3 is 0 Å². The van der Waals surface area contributed by atoms with Crippen LogP contribution in [0.1, 0.15) is 30.6 Å². The fourth-order valence-electron chi connectivity index (χ4n) is 2.71. The van der Waals surface area contributed by atoms with Gasteiger partial charge in [-0.2, -0.15) is 0 Å². The molecule has 1 aliphatic heterocycles. The van der Waals surface area contributed by atoms with Gasteiger partial charge in [-0.15, -0.1) is 0 Å². The Balaban J connectivity index is 1.89. The maximum Gasteiger partial charge on any atom is 0.251 e. The second kappa shape index (κ2) is 6.80. The van der Waals surface area contributed by atoms with Gasteiger partial charge in [-0.25, -0.2) is 0 Å². The Bertz CT molecular complexity index is 502. The van der Waals surface area contributed by atoms with Gasteiger partial charge in [0.05, 0.1) is 7.11 Å². The normalized spacial score (nSPS) is 19.0. The van der Waals surface area contributed by atoms with Crippen LogP contribution in [0.25, 0.3) is 0 Å². The number of nitrogens with zero attached hydrogens (tertiary/aromatic N) is 1. The zero-order valence-electron chi connectivity index (χ0n) is 13.1. The molecule has 0 bridgehead atoms. The zero-order chi connectivity index (χ0) is 15.4. The van der Waals surface area contributed by atoms with E-state index in [4.69, 9.17) is 10.5 Å². The molecule has 3 N–H and O–H groups in total. The summed E-state index contributed by atoms with van der Waals surface area (Å²) in [6.07, 6.45) is 1.14. The Hall–Kier alpha value is -1.75. The molecular weight excluding hydrogens is 266 g/mol. The maximum atomic E-state index is 12.2. The number of rotatable bonds is 5. The van der Waals surface area contributed by atoms with Crippen LogP contribution in [0.2, 0.25) is 0 Å². The minimum Gasteiger partial charge on any atom is -0.497 e. The Kier molecular flexibility index (Phi) is 5.07. The number of nitrogens with two attached hydrogens (primary N) is 1. The number of carbonyl (C=O) groups excluding carboxylic acids is 1. The van der Waals surface area contributed by atoms with Crippen molar-refractivity contribution >= 4 is 11.6 Å². The largest absolute Gasteiger partial charge is 0.497 e. The smallest absolute Gasteiger partial charge is 0.251 e. The van der Waals surface area contributed by atoms with E-state index in [0.717, 1.165) is 19.5 Å². The van der Waals surface area contributed by atoms with Gasteiger partial charge in [0, 0.05) is 36.4 Å². The van der Waals surface area contributed by atoms with Crippen LogP contribution in [0.4, 0.5) is 5.69 Å². The van der Waals surface area contributed by atoms with Crippen molar-refractivity contribution in [3.8, 4) is 5.75 Å². The van der Waals surface area contributed by atoms with Gasteiger partial charge in [0.15, 0.2) is 0 Å². The summed E-state index contributed by atoms with van der Waals surface area (Å²) < 4.78 is 5.14. The fourth-order valence-corrected chi connectivity index (χ4v) is 2.71.